The summed E-state index contributed by atoms with van der Waals surface area (Å²) in [4.78, 5) is 2.95. The minimum atomic E-state index is 0.963. The van der Waals surface area contributed by atoms with Crippen LogP contribution in [0.15, 0.2) is 26.8 Å². The third-order valence-corrected chi connectivity index (χ3v) is 15.9. The van der Waals surface area contributed by atoms with E-state index in [9.17, 15) is 0 Å². The molecule has 32 heavy (non-hydrogen) atoms. The highest BCUT2D eigenvalue weighted by molar-refractivity contribution is 9.09. The molecule has 0 saturated carbocycles. The van der Waals surface area contributed by atoms with Gasteiger partial charge in [0, 0.05) is 20.5 Å². The van der Waals surface area contributed by atoms with Crippen LogP contribution in [0.5, 0.6) is 0 Å². The maximum Gasteiger partial charge on any atom is 0.0717 e. The second-order valence-electron chi connectivity index (χ2n) is 7.90. The molecule has 0 saturated heterocycles. The first-order valence-electron chi connectivity index (χ1n) is 12.0. The number of allylic oxidation sites excluding steroid dienone is 2. The third-order valence-electron chi connectivity index (χ3n) is 5.15. The molecule has 0 fully saturated rings. The Hall–Kier alpha value is 2.28. The third kappa shape index (κ3) is 11.6. The van der Waals surface area contributed by atoms with Crippen LogP contribution in [0.1, 0.15) is 90.9 Å². The molecule has 0 aromatic carbocycles. The predicted molar refractivity (Wildman–Crippen MR) is 171 cm³/mol. The Kier molecular flexibility index (Phi) is 18.5. The predicted octanol–water partition coefficient (Wildman–Crippen LogP) is 12.4. The quantitative estimate of drug-likeness (QED) is 0.104. The number of alkyl halides is 2. The van der Waals surface area contributed by atoms with Crippen molar-refractivity contribution in [2.24, 2.45) is 0 Å². The van der Waals surface area contributed by atoms with Gasteiger partial charge in [0.05, 0.1) is 16.9 Å². The van der Waals surface area contributed by atoms with Gasteiger partial charge in [-0.15, -0.1) is 23.5 Å². The SMILES string of the molecule is CCCCCCCCSC1=C(SCCCCCCCC)SC(=C2SC(CBr)=C(CBr)S2)S1. The average Bonchev–Trinajstić information content (AvgIpc) is 3.41. The summed E-state index contributed by atoms with van der Waals surface area (Å²) in [6.45, 7) is 4.60. The van der Waals surface area contributed by atoms with E-state index >= 15 is 0 Å². The Balaban J connectivity index is 1.86. The Morgan fingerprint density at radius 2 is 0.906 bits per heavy atom. The fourth-order valence-electron chi connectivity index (χ4n) is 3.27. The molecular weight excluding hydrogens is 640 g/mol. The van der Waals surface area contributed by atoms with Crippen LogP contribution in [0.4, 0.5) is 0 Å². The van der Waals surface area contributed by atoms with Crippen molar-refractivity contribution in [3.05, 3.63) is 26.8 Å². The summed E-state index contributed by atoms with van der Waals surface area (Å²) in [5.74, 6) is 2.55. The summed E-state index contributed by atoms with van der Waals surface area (Å²) in [5.41, 5.74) is 0. The van der Waals surface area contributed by atoms with Crippen LogP contribution in [0.2, 0.25) is 0 Å². The summed E-state index contributed by atoms with van der Waals surface area (Å²) in [5, 5.41) is 1.93. The standard InChI is InChI=1S/C24H38Br2S6/c1-3-5-7-9-11-13-15-27-21-22(28-16-14-12-10-8-6-4-2)32-24(31-21)23-29-19(17-25)20(18-26)30-23/h3-18H2,1-2H3. The first kappa shape index (κ1) is 30.5. The molecule has 8 heteroatoms. The van der Waals surface area contributed by atoms with Crippen molar-refractivity contribution in [2.45, 2.75) is 90.9 Å². The van der Waals surface area contributed by atoms with E-state index in [1.165, 1.54) is 107 Å². The Bertz CT molecular complexity index is 594. The van der Waals surface area contributed by atoms with Crippen molar-refractivity contribution in [2.75, 3.05) is 22.2 Å². The molecule has 0 atom stereocenters. The van der Waals surface area contributed by atoms with Gasteiger partial charge in [0.1, 0.15) is 0 Å². The largest absolute Gasteiger partial charge is 0.117 e. The molecule has 0 N–H and O–H groups in total. The maximum atomic E-state index is 3.68. The van der Waals surface area contributed by atoms with Gasteiger partial charge >= 0.3 is 0 Å². The number of halogens is 2. The molecule has 2 rings (SSSR count). The number of thioether (sulfide) groups is 6. The van der Waals surface area contributed by atoms with Crippen LogP contribution in [-0.4, -0.2) is 22.2 Å². The highest BCUT2D eigenvalue weighted by atomic mass is 79.9. The van der Waals surface area contributed by atoms with Crippen molar-refractivity contribution in [1.29, 1.82) is 0 Å². The molecule has 0 aromatic rings. The van der Waals surface area contributed by atoms with Gasteiger partial charge in [-0.1, -0.05) is 157 Å². The molecule has 2 aliphatic heterocycles. The van der Waals surface area contributed by atoms with Gasteiger partial charge in [-0.25, -0.2) is 0 Å². The van der Waals surface area contributed by atoms with Gasteiger partial charge in [-0.3, -0.25) is 0 Å². The van der Waals surface area contributed by atoms with Crippen molar-refractivity contribution in [3.8, 4) is 0 Å². The van der Waals surface area contributed by atoms with Crippen molar-refractivity contribution >= 4 is 102 Å². The lowest BCUT2D eigenvalue weighted by Gasteiger charge is -2.05. The van der Waals surface area contributed by atoms with E-state index in [0.29, 0.717) is 0 Å². The second kappa shape index (κ2) is 19.4. The monoisotopic (exact) mass is 676 g/mol. The highest BCUT2D eigenvalue weighted by Gasteiger charge is 2.29. The molecule has 0 bridgehead atoms. The Labute approximate surface area is 240 Å². The van der Waals surface area contributed by atoms with Crippen LogP contribution in [-0.2, 0) is 0 Å². The number of rotatable bonds is 18. The second-order valence-corrected chi connectivity index (χ2v) is 16.5. The minimum Gasteiger partial charge on any atom is -0.117 e. The van der Waals surface area contributed by atoms with E-state index in [0.717, 1.165) is 10.7 Å². The van der Waals surface area contributed by atoms with E-state index in [-0.39, 0.29) is 0 Å². The molecule has 0 aliphatic carbocycles. The normalized spacial score (nSPS) is 16.9. The summed E-state index contributed by atoms with van der Waals surface area (Å²) in [7, 11) is 0. The lowest BCUT2D eigenvalue weighted by molar-refractivity contribution is 0.627. The van der Waals surface area contributed by atoms with Crippen LogP contribution < -0.4 is 0 Å². The average molecular weight is 679 g/mol. The first-order chi connectivity index (χ1) is 15.7. The zero-order valence-corrected chi connectivity index (χ0v) is 27.6. The van der Waals surface area contributed by atoms with Gasteiger partial charge in [-0.05, 0) is 24.3 Å². The van der Waals surface area contributed by atoms with E-state index in [1.54, 1.807) is 8.47 Å². The summed E-state index contributed by atoms with van der Waals surface area (Å²) < 4.78 is 6.17. The maximum absolute atomic E-state index is 3.68. The van der Waals surface area contributed by atoms with Crippen LogP contribution in [0.25, 0.3) is 0 Å². The lowest BCUT2D eigenvalue weighted by Crippen LogP contribution is -1.84. The fraction of sp³-hybridized carbons (Fsp3) is 0.750. The molecule has 2 heterocycles. The molecule has 0 unspecified atom stereocenters. The Morgan fingerprint density at radius 1 is 0.531 bits per heavy atom. The van der Waals surface area contributed by atoms with Gasteiger partial charge in [-0.2, -0.15) is 0 Å². The van der Waals surface area contributed by atoms with E-state index in [1.807, 2.05) is 23.5 Å². The summed E-state index contributed by atoms with van der Waals surface area (Å²) in [6.07, 6.45) is 16.6. The Morgan fingerprint density at radius 3 is 1.31 bits per heavy atom. The smallest absolute Gasteiger partial charge is 0.0717 e. The number of unbranched alkanes of at least 4 members (excludes halogenated alkanes) is 10. The van der Waals surface area contributed by atoms with Crippen molar-refractivity contribution in [3.63, 3.8) is 0 Å². The van der Waals surface area contributed by atoms with E-state index in [2.05, 4.69) is 92.8 Å². The number of hydrogen-bond acceptors (Lipinski definition) is 6. The molecule has 0 radical (unpaired) electrons. The lowest BCUT2D eigenvalue weighted by atomic mass is 10.1. The van der Waals surface area contributed by atoms with E-state index in [4.69, 9.17) is 0 Å². The molecular formula is C24H38Br2S6. The zero-order chi connectivity index (χ0) is 23.0. The van der Waals surface area contributed by atoms with Gasteiger partial charge in [0.15, 0.2) is 0 Å². The topological polar surface area (TPSA) is 0 Å². The van der Waals surface area contributed by atoms with Gasteiger partial charge < -0.3 is 0 Å². The van der Waals surface area contributed by atoms with Crippen LogP contribution >= 0.6 is 102 Å². The minimum absolute atomic E-state index is 0.963. The van der Waals surface area contributed by atoms with Crippen LogP contribution in [0.3, 0.4) is 0 Å². The zero-order valence-electron chi connectivity index (χ0n) is 19.5. The fourth-order valence-corrected chi connectivity index (χ4v) is 13.8. The van der Waals surface area contributed by atoms with Crippen molar-refractivity contribution in [1.82, 2.24) is 0 Å². The van der Waals surface area contributed by atoms with Crippen molar-refractivity contribution < 1.29 is 0 Å². The molecule has 0 amide bonds. The molecule has 0 aromatic heterocycles. The molecule has 184 valence electrons. The van der Waals surface area contributed by atoms with Gasteiger partial charge in [0.2, 0.25) is 0 Å². The molecule has 0 spiro atoms. The van der Waals surface area contributed by atoms with Gasteiger partial charge in [0.25, 0.3) is 0 Å². The van der Waals surface area contributed by atoms with E-state index < -0.39 is 0 Å². The molecule has 2 aliphatic rings. The van der Waals surface area contributed by atoms with Crippen LogP contribution in [0, 0.1) is 0 Å². The first-order valence-corrected chi connectivity index (χ1v) is 19.5. The number of hydrogen-bond donors (Lipinski definition) is 0. The molecule has 0 nitrogen and oxygen atoms in total. The highest BCUT2D eigenvalue weighted by Crippen LogP contribution is 2.64. The summed E-state index contributed by atoms with van der Waals surface area (Å²) >= 11 is 19.7. The summed E-state index contributed by atoms with van der Waals surface area (Å²) in [6, 6.07) is 0.